The average molecular weight is 580 g/mol. The summed E-state index contributed by atoms with van der Waals surface area (Å²) < 4.78 is 55.8. The predicted molar refractivity (Wildman–Crippen MR) is 154 cm³/mol. The van der Waals surface area contributed by atoms with Crippen LogP contribution < -0.4 is 14.3 Å². The monoisotopic (exact) mass is 579 g/mol. The second-order valence-electron chi connectivity index (χ2n) is 9.27. The molecule has 4 aromatic rings. The third-order valence-corrected chi connectivity index (χ3v) is 9.07. The Morgan fingerprint density at radius 3 is 2.10 bits per heavy atom. The third-order valence-electron chi connectivity index (χ3n) is 5.93. The van der Waals surface area contributed by atoms with E-state index in [4.69, 9.17) is 0 Å². The van der Waals surface area contributed by atoms with Gasteiger partial charge in [0.1, 0.15) is 6.54 Å². The molecule has 0 unspecified atom stereocenters. The minimum Gasteiger partial charge on any atom is -0.325 e. The van der Waals surface area contributed by atoms with Crippen molar-refractivity contribution in [2.45, 2.75) is 36.5 Å². The Morgan fingerprint density at radius 2 is 1.50 bits per heavy atom. The highest BCUT2D eigenvalue weighted by molar-refractivity contribution is 7.93. The van der Waals surface area contributed by atoms with E-state index in [0.29, 0.717) is 17.1 Å². The number of nitrogens with zero attached hydrogens (tertiary/aromatic N) is 3. The molecule has 1 heterocycles. The molecule has 0 atom stereocenters. The number of benzene rings is 3. The quantitative estimate of drug-likeness (QED) is 0.281. The molecule has 0 bridgehead atoms. The van der Waals surface area contributed by atoms with Crippen LogP contribution in [0.2, 0.25) is 0 Å². The molecule has 0 aliphatic rings. The fourth-order valence-corrected chi connectivity index (χ4v) is 6.18. The maximum absolute atomic E-state index is 13.5. The van der Waals surface area contributed by atoms with Gasteiger partial charge in [-0.3, -0.25) is 9.10 Å². The molecule has 0 aliphatic carbocycles. The largest absolute Gasteiger partial charge is 0.325 e. The Morgan fingerprint density at radius 1 is 0.850 bits per heavy atom. The average Bonchev–Trinajstić information content (AvgIpc) is 2.92. The number of sulfonamides is 2. The van der Waals surface area contributed by atoms with Gasteiger partial charge in [0.05, 0.1) is 15.5 Å². The predicted octanol–water partition coefficient (Wildman–Crippen LogP) is 4.54. The second-order valence-corrected chi connectivity index (χ2v) is 12.8. The summed E-state index contributed by atoms with van der Waals surface area (Å²) in [4.78, 5) is 21.0. The minimum atomic E-state index is -4.06. The van der Waals surface area contributed by atoms with Crippen LogP contribution in [0.1, 0.15) is 31.0 Å². The van der Waals surface area contributed by atoms with E-state index in [2.05, 4.69) is 20.0 Å². The van der Waals surface area contributed by atoms with Crippen molar-refractivity contribution in [2.24, 2.45) is 0 Å². The van der Waals surface area contributed by atoms with Crippen molar-refractivity contribution in [1.29, 1.82) is 0 Å². The van der Waals surface area contributed by atoms with Crippen molar-refractivity contribution >= 4 is 43.3 Å². The molecule has 208 valence electrons. The molecular weight excluding hydrogens is 550 g/mol. The number of hydrogen-bond donors (Lipinski definition) is 2. The van der Waals surface area contributed by atoms with E-state index in [-0.39, 0.29) is 21.7 Å². The lowest BCUT2D eigenvalue weighted by Crippen LogP contribution is -2.38. The molecule has 3 aromatic carbocycles. The highest BCUT2D eigenvalue weighted by Crippen LogP contribution is 2.26. The van der Waals surface area contributed by atoms with Crippen LogP contribution in [-0.2, 0) is 24.8 Å². The van der Waals surface area contributed by atoms with Crippen LogP contribution in [0, 0.1) is 6.92 Å². The zero-order valence-electron chi connectivity index (χ0n) is 22.1. The Labute approximate surface area is 234 Å². The molecule has 0 spiro atoms. The number of nitrogens with one attached hydrogen (secondary N) is 2. The van der Waals surface area contributed by atoms with Gasteiger partial charge in [0.15, 0.2) is 0 Å². The normalized spacial score (nSPS) is 11.7. The van der Waals surface area contributed by atoms with Gasteiger partial charge >= 0.3 is 0 Å². The lowest BCUT2D eigenvalue weighted by Gasteiger charge is -2.24. The van der Waals surface area contributed by atoms with Crippen LogP contribution in [0.5, 0.6) is 0 Å². The summed E-state index contributed by atoms with van der Waals surface area (Å²) in [5.74, 6) is -0.407. The number of carbonyl (C=O) groups excluding carboxylic acids is 1. The van der Waals surface area contributed by atoms with Gasteiger partial charge in [-0.2, -0.15) is 0 Å². The summed E-state index contributed by atoms with van der Waals surface area (Å²) in [6.07, 6.45) is 1.44. The first-order valence-corrected chi connectivity index (χ1v) is 15.3. The lowest BCUT2D eigenvalue weighted by atomic mass is 10.0. The minimum absolute atomic E-state index is 0.0513. The van der Waals surface area contributed by atoms with Gasteiger partial charge < -0.3 is 5.32 Å². The van der Waals surface area contributed by atoms with Gasteiger partial charge in [0, 0.05) is 17.6 Å². The third kappa shape index (κ3) is 6.82. The first kappa shape index (κ1) is 28.7. The van der Waals surface area contributed by atoms with Crippen molar-refractivity contribution in [3.05, 3.63) is 102 Å². The molecule has 40 heavy (non-hydrogen) atoms. The highest BCUT2D eigenvalue weighted by Gasteiger charge is 2.27. The zero-order valence-corrected chi connectivity index (χ0v) is 23.8. The van der Waals surface area contributed by atoms with E-state index in [9.17, 15) is 21.6 Å². The molecule has 4 rings (SSSR count). The van der Waals surface area contributed by atoms with Gasteiger partial charge in [-0.1, -0.05) is 44.2 Å². The number of aromatic nitrogens is 2. The van der Waals surface area contributed by atoms with Gasteiger partial charge in [0.25, 0.3) is 20.0 Å². The SMILES string of the molecule is Cc1ccnc(NS(=O)(=O)c2ccc(NC(=O)CN(c3ccc(C(C)C)cc3)S(=O)(=O)c3ccccc3)cc2)n1. The number of carbonyl (C=O) groups is 1. The molecule has 0 radical (unpaired) electrons. The van der Waals surface area contributed by atoms with Gasteiger partial charge in [0.2, 0.25) is 11.9 Å². The number of amides is 1. The molecule has 10 nitrogen and oxygen atoms in total. The Balaban J connectivity index is 1.53. The van der Waals surface area contributed by atoms with Crippen LogP contribution >= 0.6 is 0 Å². The van der Waals surface area contributed by atoms with E-state index < -0.39 is 32.5 Å². The van der Waals surface area contributed by atoms with Crippen molar-refractivity contribution in [3.63, 3.8) is 0 Å². The van der Waals surface area contributed by atoms with Crippen LogP contribution in [0.3, 0.4) is 0 Å². The van der Waals surface area contributed by atoms with Gasteiger partial charge in [-0.05, 0) is 73.0 Å². The first-order valence-electron chi connectivity index (χ1n) is 12.4. The molecule has 12 heteroatoms. The molecule has 1 aromatic heterocycles. The maximum atomic E-state index is 13.5. The van der Waals surface area contributed by atoms with E-state index in [1.807, 2.05) is 26.0 Å². The van der Waals surface area contributed by atoms with Crippen LogP contribution in [-0.4, -0.2) is 39.3 Å². The molecular formula is C28H29N5O5S2. The number of anilines is 3. The van der Waals surface area contributed by atoms with Crippen LogP contribution in [0.4, 0.5) is 17.3 Å². The maximum Gasteiger partial charge on any atom is 0.264 e. The van der Waals surface area contributed by atoms with Crippen molar-refractivity contribution in [2.75, 3.05) is 20.9 Å². The van der Waals surface area contributed by atoms with Gasteiger partial charge in [-0.15, -0.1) is 0 Å². The van der Waals surface area contributed by atoms with Crippen molar-refractivity contribution < 1.29 is 21.6 Å². The van der Waals surface area contributed by atoms with E-state index in [1.54, 1.807) is 43.3 Å². The van der Waals surface area contributed by atoms with E-state index in [1.165, 1.54) is 42.6 Å². The van der Waals surface area contributed by atoms with Crippen molar-refractivity contribution in [3.8, 4) is 0 Å². The summed E-state index contributed by atoms with van der Waals surface area (Å²) in [5, 5.41) is 2.65. The van der Waals surface area contributed by atoms with E-state index >= 15 is 0 Å². The van der Waals surface area contributed by atoms with Crippen LogP contribution in [0.25, 0.3) is 0 Å². The summed E-state index contributed by atoms with van der Waals surface area (Å²) in [7, 11) is -8.03. The number of aryl methyl sites for hydroxylation is 1. The van der Waals surface area contributed by atoms with Crippen LogP contribution in [0.15, 0.2) is 101 Å². The molecule has 0 fully saturated rings. The smallest absolute Gasteiger partial charge is 0.264 e. The second kappa shape index (κ2) is 11.8. The lowest BCUT2D eigenvalue weighted by molar-refractivity contribution is -0.114. The Kier molecular flexibility index (Phi) is 8.50. The molecule has 0 aliphatic heterocycles. The first-order chi connectivity index (χ1) is 19.0. The summed E-state index contributed by atoms with van der Waals surface area (Å²) in [6, 6.07) is 22.0. The molecule has 1 amide bonds. The van der Waals surface area contributed by atoms with E-state index in [0.717, 1.165) is 9.87 Å². The summed E-state index contributed by atoms with van der Waals surface area (Å²) >= 11 is 0. The molecule has 2 N–H and O–H groups in total. The fourth-order valence-electron chi connectivity index (χ4n) is 3.79. The summed E-state index contributed by atoms with van der Waals surface area (Å²) in [6.45, 7) is 5.28. The standard InChI is InChI=1S/C28H29N5O5S2/c1-20(2)22-9-13-24(14-10-22)33(40(37,38)26-7-5-4-6-8-26)19-27(34)31-23-11-15-25(16-12-23)39(35,36)32-28-29-18-17-21(3)30-28/h4-18,20H,19H2,1-3H3,(H,31,34)(H,29,30,32). The zero-order chi connectivity index (χ0) is 28.9. The van der Waals surface area contributed by atoms with Crippen molar-refractivity contribution in [1.82, 2.24) is 9.97 Å². The van der Waals surface area contributed by atoms with Gasteiger partial charge in [-0.25, -0.2) is 31.5 Å². The number of rotatable bonds is 10. The topological polar surface area (TPSA) is 138 Å². The highest BCUT2D eigenvalue weighted by atomic mass is 32.2. The molecule has 0 saturated heterocycles. The summed E-state index contributed by atoms with van der Waals surface area (Å²) in [5.41, 5.74) is 2.27. The Bertz CT molecular complexity index is 1690. The Hall–Kier alpha value is -4.29. The fraction of sp³-hybridized carbons (Fsp3) is 0.179. The number of hydrogen-bond acceptors (Lipinski definition) is 7. The molecule has 0 saturated carbocycles.